The number of carbonyl (C=O) groups excluding carboxylic acids is 1. The normalized spacial score (nSPS) is 14.6. The fourth-order valence-corrected chi connectivity index (χ4v) is 1.59. The van der Waals surface area contributed by atoms with Crippen LogP contribution in [0, 0.1) is 5.92 Å². The van der Waals surface area contributed by atoms with Gasteiger partial charge in [-0.3, -0.25) is 4.79 Å². The van der Waals surface area contributed by atoms with Crippen LogP contribution in [0.3, 0.4) is 0 Å². The fourth-order valence-electron chi connectivity index (χ4n) is 1.59. The van der Waals surface area contributed by atoms with E-state index in [-0.39, 0.29) is 11.7 Å². The Kier molecular flexibility index (Phi) is 3.98. The zero-order valence-electron chi connectivity index (χ0n) is 9.78. The van der Waals surface area contributed by atoms with Crippen molar-refractivity contribution < 1.29 is 9.90 Å². The van der Waals surface area contributed by atoms with E-state index in [1.807, 2.05) is 0 Å². The van der Waals surface area contributed by atoms with Crippen LogP contribution in [0.25, 0.3) is 0 Å². The SMILES string of the molecule is O=C(CNCC1CC1)NCc1ccc(O)cc1. The molecular weight excluding hydrogens is 216 g/mol. The minimum Gasteiger partial charge on any atom is -0.508 e. The lowest BCUT2D eigenvalue weighted by Crippen LogP contribution is -2.34. The molecule has 1 fully saturated rings. The molecule has 0 saturated heterocycles. The summed E-state index contributed by atoms with van der Waals surface area (Å²) in [7, 11) is 0. The number of amides is 1. The Morgan fingerprint density at radius 1 is 1.29 bits per heavy atom. The second-order valence-corrected chi connectivity index (χ2v) is 4.52. The molecule has 4 nitrogen and oxygen atoms in total. The Bertz CT molecular complexity index is 372. The summed E-state index contributed by atoms with van der Waals surface area (Å²) in [6, 6.07) is 6.83. The molecule has 17 heavy (non-hydrogen) atoms. The monoisotopic (exact) mass is 234 g/mol. The summed E-state index contributed by atoms with van der Waals surface area (Å²) < 4.78 is 0. The summed E-state index contributed by atoms with van der Waals surface area (Å²) >= 11 is 0. The van der Waals surface area contributed by atoms with Crippen molar-refractivity contribution in [3.05, 3.63) is 29.8 Å². The van der Waals surface area contributed by atoms with Gasteiger partial charge in [-0.05, 0) is 43.0 Å². The Morgan fingerprint density at radius 3 is 2.65 bits per heavy atom. The molecule has 1 aromatic rings. The van der Waals surface area contributed by atoms with Crippen LogP contribution in [-0.4, -0.2) is 24.1 Å². The van der Waals surface area contributed by atoms with E-state index in [0.29, 0.717) is 13.1 Å². The molecule has 0 unspecified atom stereocenters. The molecule has 1 aromatic carbocycles. The van der Waals surface area contributed by atoms with Crippen LogP contribution in [0.1, 0.15) is 18.4 Å². The van der Waals surface area contributed by atoms with E-state index >= 15 is 0 Å². The maximum Gasteiger partial charge on any atom is 0.234 e. The van der Waals surface area contributed by atoms with E-state index in [2.05, 4.69) is 10.6 Å². The van der Waals surface area contributed by atoms with Crippen LogP contribution in [0.15, 0.2) is 24.3 Å². The first-order chi connectivity index (χ1) is 8.24. The highest BCUT2D eigenvalue weighted by molar-refractivity contribution is 5.77. The first-order valence-electron chi connectivity index (χ1n) is 5.99. The summed E-state index contributed by atoms with van der Waals surface area (Å²) in [6.45, 7) is 1.84. The van der Waals surface area contributed by atoms with Crippen LogP contribution in [0.5, 0.6) is 5.75 Å². The first-order valence-corrected chi connectivity index (χ1v) is 5.99. The second kappa shape index (κ2) is 5.68. The standard InChI is InChI=1S/C13H18N2O2/c16-12-5-3-11(4-6-12)8-15-13(17)9-14-7-10-1-2-10/h3-6,10,14,16H,1-2,7-9H2,(H,15,17). The first kappa shape index (κ1) is 11.9. The highest BCUT2D eigenvalue weighted by Gasteiger charge is 2.20. The smallest absolute Gasteiger partial charge is 0.234 e. The van der Waals surface area contributed by atoms with Crippen LogP contribution in [-0.2, 0) is 11.3 Å². The van der Waals surface area contributed by atoms with Crippen molar-refractivity contribution in [2.75, 3.05) is 13.1 Å². The van der Waals surface area contributed by atoms with E-state index in [1.165, 1.54) is 12.8 Å². The van der Waals surface area contributed by atoms with Crippen molar-refractivity contribution in [2.24, 2.45) is 5.92 Å². The molecule has 92 valence electrons. The number of benzene rings is 1. The van der Waals surface area contributed by atoms with Gasteiger partial charge in [-0.15, -0.1) is 0 Å². The topological polar surface area (TPSA) is 61.4 Å². The van der Waals surface area contributed by atoms with Gasteiger partial charge in [-0.1, -0.05) is 12.1 Å². The molecule has 0 radical (unpaired) electrons. The largest absolute Gasteiger partial charge is 0.508 e. The van der Waals surface area contributed by atoms with Crippen LogP contribution >= 0.6 is 0 Å². The summed E-state index contributed by atoms with van der Waals surface area (Å²) in [5.41, 5.74) is 0.985. The van der Waals surface area contributed by atoms with Crippen LogP contribution < -0.4 is 10.6 Å². The molecule has 3 N–H and O–H groups in total. The van der Waals surface area contributed by atoms with Gasteiger partial charge in [0.2, 0.25) is 5.91 Å². The fraction of sp³-hybridized carbons (Fsp3) is 0.462. The third-order valence-electron chi connectivity index (χ3n) is 2.84. The molecule has 2 rings (SSSR count). The molecule has 0 aliphatic heterocycles. The highest BCUT2D eigenvalue weighted by atomic mass is 16.3. The maximum atomic E-state index is 11.5. The van der Waals surface area contributed by atoms with Gasteiger partial charge in [0, 0.05) is 6.54 Å². The van der Waals surface area contributed by atoms with Gasteiger partial charge < -0.3 is 15.7 Å². The molecular formula is C13H18N2O2. The van der Waals surface area contributed by atoms with Gasteiger partial charge in [0.05, 0.1) is 6.54 Å². The Balaban J connectivity index is 1.62. The van der Waals surface area contributed by atoms with E-state index < -0.39 is 0 Å². The molecule has 0 aromatic heterocycles. The molecule has 0 atom stereocenters. The minimum atomic E-state index is 0.0127. The van der Waals surface area contributed by atoms with Crippen LogP contribution in [0.4, 0.5) is 0 Å². The number of aromatic hydroxyl groups is 1. The van der Waals surface area contributed by atoms with Gasteiger partial charge in [0.15, 0.2) is 0 Å². The predicted molar refractivity (Wildman–Crippen MR) is 65.5 cm³/mol. The second-order valence-electron chi connectivity index (χ2n) is 4.52. The molecule has 0 bridgehead atoms. The summed E-state index contributed by atoms with van der Waals surface area (Å²) in [5.74, 6) is 1.05. The van der Waals surface area contributed by atoms with E-state index in [0.717, 1.165) is 18.0 Å². The number of hydrogen-bond acceptors (Lipinski definition) is 3. The number of hydrogen-bond donors (Lipinski definition) is 3. The molecule has 0 heterocycles. The number of carbonyl (C=O) groups is 1. The predicted octanol–water partition coefficient (Wildman–Crippen LogP) is 1.01. The Labute approximate surface area is 101 Å². The van der Waals surface area contributed by atoms with E-state index in [1.54, 1.807) is 24.3 Å². The lowest BCUT2D eigenvalue weighted by Gasteiger charge is -2.06. The van der Waals surface area contributed by atoms with Gasteiger partial charge in [0.1, 0.15) is 5.75 Å². The molecule has 1 saturated carbocycles. The van der Waals surface area contributed by atoms with Crippen molar-refractivity contribution in [2.45, 2.75) is 19.4 Å². The van der Waals surface area contributed by atoms with E-state index in [9.17, 15) is 4.79 Å². The summed E-state index contributed by atoms with van der Waals surface area (Å²) in [5, 5.41) is 15.1. The summed E-state index contributed by atoms with van der Waals surface area (Å²) in [6.07, 6.45) is 2.59. The van der Waals surface area contributed by atoms with Gasteiger partial charge in [-0.25, -0.2) is 0 Å². The van der Waals surface area contributed by atoms with Crippen LogP contribution in [0.2, 0.25) is 0 Å². The zero-order valence-corrected chi connectivity index (χ0v) is 9.78. The number of nitrogens with one attached hydrogen (secondary N) is 2. The average Bonchev–Trinajstić information content (AvgIpc) is 3.12. The summed E-state index contributed by atoms with van der Waals surface area (Å²) in [4.78, 5) is 11.5. The highest BCUT2D eigenvalue weighted by Crippen LogP contribution is 2.27. The van der Waals surface area contributed by atoms with Gasteiger partial charge in [0.25, 0.3) is 0 Å². The van der Waals surface area contributed by atoms with E-state index in [4.69, 9.17) is 5.11 Å². The quantitative estimate of drug-likeness (QED) is 0.688. The van der Waals surface area contributed by atoms with Crippen molar-refractivity contribution >= 4 is 5.91 Å². The maximum absolute atomic E-state index is 11.5. The Morgan fingerprint density at radius 2 is 2.00 bits per heavy atom. The van der Waals surface area contributed by atoms with Gasteiger partial charge >= 0.3 is 0 Å². The van der Waals surface area contributed by atoms with Gasteiger partial charge in [-0.2, -0.15) is 0 Å². The van der Waals surface area contributed by atoms with Crippen molar-refractivity contribution in [1.29, 1.82) is 0 Å². The molecule has 0 spiro atoms. The molecule has 1 aliphatic rings. The molecule has 4 heteroatoms. The lowest BCUT2D eigenvalue weighted by atomic mass is 10.2. The third kappa shape index (κ3) is 4.44. The van der Waals surface area contributed by atoms with Crippen molar-refractivity contribution in [3.63, 3.8) is 0 Å². The zero-order chi connectivity index (χ0) is 12.1. The number of phenols is 1. The number of rotatable bonds is 6. The Hall–Kier alpha value is -1.55. The number of phenolic OH excluding ortho intramolecular Hbond substituents is 1. The lowest BCUT2D eigenvalue weighted by molar-refractivity contribution is -0.120. The van der Waals surface area contributed by atoms with Crippen molar-refractivity contribution in [1.82, 2.24) is 10.6 Å². The molecule has 1 amide bonds. The average molecular weight is 234 g/mol. The minimum absolute atomic E-state index is 0.0127. The third-order valence-corrected chi connectivity index (χ3v) is 2.84. The molecule has 1 aliphatic carbocycles. The van der Waals surface area contributed by atoms with Crippen molar-refractivity contribution in [3.8, 4) is 5.75 Å².